The fraction of sp³-hybridized carbons (Fsp3) is 0.600. The average molecular weight is 286 g/mol. The third kappa shape index (κ3) is 3.20. The summed E-state index contributed by atoms with van der Waals surface area (Å²) in [4.78, 5) is 0. The van der Waals surface area contributed by atoms with Crippen molar-refractivity contribution in [2.24, 2.45) is 5.41 Å². The predicted molar refractivity (Wildman–Crippen MR) is 79.6 cm³/mol. The minimum atomic E-state index is 0.445. The number of benzene rings is 1. The SMILES string of the molecule is CCCNC(Cc1cccc(Cl)c1Cl)C1(C)CC1. The van der Waals surface area contributed by atoms with Crippen molar-refractivity contribution in [3.8, 4) is 0 Å². The molecule has 1 unspecified atom stereocenters. The van der Waals surface area contributed by atoms with Gasteiger partial charge in [0.1, 0.15) is 0 Å². The summed E-state index contributed by atoms with van der Waals surface area (Å²) in [5.41, 5.74) is 1.60. The second-order valence-corrected chi connectivity index (χ2v) is 6.36. The molecule has 1 aliphatic carbocycles. The lowest BCUT2D eigenvalue weighted by Crippen LogP contribution is -2.38. The molecule has 1 saturated carbocycles. The maximum atomic E-state index is 6.28. The molecule has 0 bridgehead atoms. The third-order valence-corrected chi connectivity index (χ3v) is 4.83. The topological polar surface area (TPSA) is 12.0 Å². The van der Waals surface area contributed by atoms with E-state index < -0.39 is 0 Å². The van der Waals surface area contributed by atoms with Crippen molar-refractivity contribution in [3.05, 3.63) is 33.8 Å². The molecule has 0 aromatic heterocycles. The maximum absolute atomic E-state index is 6.28. The zero-order chi connectivity index (χ0) is 13.2. The Kier molecular flexibility index (Phi) is 4.58. The van der Waals surface area contributed by atoms with E-state index in [1.807, 2.05) is 12.1 Å². The average Bonchev–Trinajstić information content (AvgIpc) is 3.09. The van der Waals surface area contributed by atoms with Crippen LogP contribution in [0.4, 0.5) is 0 Å². The Balaban J connectivity index is 2.10. The van der Waals surface area contributed by atoms with Gasteiger partial charge in [0.2, 0.25) is 0 Å². The Labute approximate surface area is 120 Å². The molecule has 1 atom stereocenters. The van der Waals surface area contributed by atoms with Crippen molar-refractivity contribution in [1.82, 2.24) is 5.32 Å². The lowest BCUT2D eigenvalue weighted by Gasteiger charge is -2.25. The summed E-state index contributed by atoms with van der Waals surface area (Å²) < 4.78 is 0. The third-order valence-electron chi connectivity index (χ3n) is 3.98. The first kappa shape index (κ1) is 14.2. The fourth-order valence-electron chi connectivity index (χ4n) is 2.36. The van der Waals surface area contributed by atoms with Gasteiger partial charge < -0.3 is 5.32 Å². The normalized spacial score (nSPS) is 18.7. The molecule has 1 N–H and O–H groups in total. The molecule has 1 aromatic carbocycles. The number of hydrogen-bond donors (Lipinski definition) is 1. The van der Waals surface area contributed by atoms with E-state index in [9.17, 15) is 0 Å². The molecule has 2 rings (SSSR count). The fourth-order valence-corrected chi connectivity index (χ4v) is 2.75. The lowest BCUT2D eigenvalue weighted by molar-refractivity contribution is 0.354. The van der Waals surface area contributed by atoms with Gasteiger partial charge in [0.25, 0.3) is 0 Å². The second-order valence-electron chi connectivity index (χ2n) is 5.58. The van der Waals surface area contributed by atoms with E-state index in [0.717, 1.165) is 24.9 Å². The molecular weight excluding hydrogens is 265 g/mol. The minimum absolute atomic E-state index is 0.445. The smallest absolute Gasteiger partial charge is 0.0624 e. The van der Waals surface area contributed by atoms with E-state index in [0.29, 0.717) is 21.5 Å². The van der Waals surface area contributed by atoms with Crippen molar-refractivity contribution < 1.29 is 0 Å². The molecular formula is C15H21Cl2N. The van der Waals surface area contributed by atoms with E-state index in [1.165, 1.54) is 12.8 Å². The highest BCUT2D eigenvalue weighted by Crippen LogP contribution is 2.49. The molecule has 1 aliphatic rings. The molecule has 1 fully saturated rings. The Morgan fingerprint density at radius 3 is 2.67 bits per heavy atom. The highest BCUT2D eigenvalue weighted by atomic mass is 35.5. The monoisotopic (exact) mass is 285 g/mol. The predicted octanol–water partition coefficient (Wildman–Crippen LogP) is 4.70. The van der Waals surface area contributed by atoms with Crippen LogP contribution >= 0.6 is 23.2 Å². The zero-order valence-corrected chi connectivity index (χ0v) is 12.6. The molecule has 100 valence electrons. The van der Waals surface area contributed by atoms with Gasteiger partial charge in [-0.15, -0.1) is 0 Å². The van der Waals surface area contributed by atoms with Crippen LogP contribution in [0.1, 0.15) is 38.7 Å². The molecule has 0 amide bonds. The van der Waals surface area contributed by atoms with Crippen molar-refractivity contribution in [3.63, 3.8) is 0 Å². The summed E-state index contributed by atoms with van der Waals surface area (Å²) >= 11 is 12.4. The van der Waals surface area contributed by atoms with Crippen LogP contribution in [0.25, 0.3) is 0 Å². The number of halogens is 2. The van der Waals surface area contributed by atoms with Crippen molar-refractivity contribution in [2.45, 2.75) is 45.6 Å². The van der Waals surface area contributed by atoms with Gasteiger partial charge in [0, 0.05) is 6.04 Å². The van der Waals surface area contributed by atoms with Crippen molar-refractivity contribution >= 4 is 23.2 Å². The Morgan fingerprint density at radius 2 is 2.06 bits per heavy atom. The van der Waals surface area contributed by atoms with Crippen LogP contribution in [0.15, 0.2) is 18.2 Å². The van der Waals surface area contributed by atoms with E-state index >= 15 is 0 Å². The van der Waals surface area contributed by atoms with Crippen molar-refractivity contribution in [1.29, 1.82) is 0 Å². The molecule has 0 spiro atoms. The van der Waals surface area contributed by atoms with Crippen LogP contribution in [0.2, 0.25) is 10.0 Å². The highest BCUT2D eigenvalue weighted by molar-refractivity contribution is 6.42. The largest absolute Gasteiger partial charge is 0.313 e. The zero-order valence-electron chi connectivity index (χ0n) is 11.1. The Bertz CT molecular complexity index is 413. The number of nitrogens with one attached hydrogen (secondary N) is 1. The first-order valence-electron chi connectivity index (χ1n) is 6.73. The van der Waals surface area contributed by atoms with Gasteiger partial charge in [-0.2, -0.15) is 0 Å². The van der Waals surface area contributed by atoms with Gasteiger partial charge in [-0.1, -0.05) is 49.2 Å². The van der Waals surface area contributed by atoms with E-state index in [1.54, 1.807) is 0 Å². The summed E-state index contributed by atoms with van der Waals surface area (Å²) in [6, 6.07) is 6.42. The highest BCUT2D eigenvalue weighted by Gasteiger charge is 2.44. The number of rotatable bonds is 6. The summed E-state index contributed by atoms with van der Waals surface area (Å²) in [5.74, 6) is 0. The molecule has 1 nitrogen and oxygen atoms in total. The standard InChI is InChI=1S/C15H21Cl2N/c1-3-9-18-13(15(2)7-8-15)10-11-5-4-6-12(16)14(11)17/h4-6,13,18H,3,7-10H2,1-2H3. The van der Waals surface area contributed by atoms with Crippen LogP contribution in [0.5, 0.6) is 0 Å². The molecule has 1 aromatic rings. The molecule has 0 radical (unpaired) electrons. The van der Waals surface area contributed by atoms with E-state index in [4.69, 9.17) is 23.2 Å². The summed E-state index contributed by atoms with van der Waals surface area (Å²) in [6.07, 6.45) is 4.75. The quantitative estimate of drug-likeness (QED) is 0.799. The Morgan fingerprint density at radius 1 is 1.33 bits per heavy atom. The summed E-state index contributed by atoms with van der Waals surface area (Å²) in [5, 5.41) is 5.04. The van der Waals surface area contributed by atoms with Crippen LogP contribution < -0.4 is 5.32 Å². The summed E-state index contributed by atoms with van der Waals surface area (Å²) in [7, 11) is 0. The molecule has 0 aliphatic heterocycles. The van der Waals surface area contributed by atoms with Gasteiger partial charge in [-0.3, -0.25) is 0 Å². The minimum Gasteiger partial charge on any atom is -0.313 e. The molecule has 0 saturated heterocycles. The van der Waals surface area contributed by atoms with Crippen molar-refractivity contribution in [2.75, 3.05) is 6.54 Å². The van der Waals surface area contributed by atoms with Gasteiger partial charge in [-0.05, 0) is 49.3 Å². The van der Waals surface area contributed by atoms with Gasteiger partial charge in [0.15, 0.2) is 0 Å². The summed E-state index contributed by atoms with van der Waals surface area (Å²) in [6.45, 7) is 5.63. The van der Waals surface area contributed by atoms with Crippen LogP contribution in [-0.2, 0) is 6.42 Å². The first-order valence-corrected chi connectivity index (χ1v) is 7.48. The number of hydrogen-bond acceptors (Lipinski definition) is 1. The molecule has 0 heterocycles. The first-order chi connectivity index (χ1) is 8.57. The van der Waals surface area contributed by atoms with E-state index in [-0.39, 0.29) is 0 Å². The molecule has 3 heteroatoms. The van der Waals surface area contributed by atoms with Gasteiger partial charge >= 0.3 is 0 Å². The molecule has 18 heavy (non-hydrogen) atoms. The lowest BCUT2D eigenvalue weighted by atomic mass is 9.92. The van der Waals surface area contributed by atoms with Crippen LogP contribution in [-0.4, -0.2) is 12.6 Å². The van der Waals surface area contributed by atoms with E-state index in [2.05, 4.69) is 25.2 Å². The van der Waals surface area contributed by atoms with Gasteiger partial charge in [-0.25, -0.2) is 0 Å². The Hall–Kier alpha value is -0.240. The second kappa shape index (κ2) is 5.81. The van der Waals surface area contributed by atoms with Crippen LogP contribution in [0.3, 0.4) is 0 Å². The van der Waals surface area contributed by atoms with Gasteiger partial charge in [0.05, 0.1) is 10.0 Å². The van der Waals surface area contributed by atoms with Crippen LogP contribution in [0, 0.1) is 5.41 Å². The maximum Gasteiger partial charge on any atom is 0.0624 e.